The highest BCUT2D eigenvalue weighted by molar-refractivity contribution is 5.94. The van der Waals surface area contributed by atoms with Gasteiger partial charge < -0.3 is 24.0 Å². The number of amides is 2. The first-order chi connectivity index (χ1) is 15.3. The van der Waals surface area contributed by atoms with Gasteiger partial charge in [-0.15, -0.1) is 0 Å². The van der Waals surface area contributed by atoms with Gasteiger partial charge in [-0.05, 0) is 39.3 Å². The van der Waals surface area contributed by atoms with Gasteiger partial charge in [-0.3, -0.25) is 4.90 Å². The molecule has 2 amide bonds. The van der Waals surface area contributed by atoms with E-state index in [4.69, 9.17) is 14.2 Å². The summed E-state index contributed by atoms with van der Waals surface area (Å²) in [5.41, 5.74) is 3.64. The number of pyridine rings is 1. The fourth-order valence-electron chi connectivity index (χ4n) is 3.88. The quantitative estimate of drug-likeness (QED) is 0.676. The average molecular weight is 443 g/mol. The zero-order valence-electron chi connectivity index (χ0n) is 20.1. The van der Waals surface area contributed by atoms with E-state index in [9.17, 15) is 4.79 Å². The maximum absolute atomic E-state index is 13.6. The van der Waals surface area contributed by atoms with E-state index < -0.39 is 0 Å². The van der Waals surface area contributed by atoms with Crippen LogP contribution < -0.4 is 24.0 Å². The standard InChI is InChI=1S/C24H34N4O4/c1-16(2)28(22-12-17(3)18(4)25-23(22)32-7)24(29)27-10-8-26(9-11-27)19-13-20(30-5)15-21(14-19)31-6/h12-16H,8-11H2,1-7H3. The van der Waals surface area contributed by atoms with Crippen molar-refractivity contribution in [2.24, 2.45) is 0 Å². The van der Waals surface area contributed by atoms with Crippen molar-refractivity contribution in [2.45, 2.75) is 33.7 Å². The number of piperazine rings is 1. The summed E-state index contributed by atoms with van der Waals surface area (Å²) in [7, 11) is 4.88. The van der Waals surface area contributed by atoms with Crippen LogP contribution in [0.5, 0.6) is 17.4 Å². The fourth-order valence-corrected chi connectivity index (χ4v) is 3.88. The molecule has 1 aliphatic heterocycles. The molecule has 2 aromatic rings. The first-order valence-corrected chi connectivity index (χ1v) is 10.9. The number of anilines is 2. The predicted octanol–water partition coefficient (Wildman–Crippen LogP) is 3.88. The molecule has 8 nitrogen and oxygen atoms in total. The zero-order chi connectivity index (χ0) is 23.4. The van der Waals surface area contributed by atoms with Crippen LogP contribution in [0, 0.1) is 13.8 Å². The Labute approximate surface area is 190 Å². The van der Waals surface area contributed by atoms with Crippen LogP contribution in [0.25, 0.3) is 0 Å². The second-order valence-corrected chi connectivity index (χ2v) is 8.21. The first kappa shape index (κ1) is 23.5. The van der Waals surface area contributed by atoms with Gasteiger partial charge in [-0.2, -0.15) is 0 Å². The third-order valence-corrected chi connectivity index (χ3v) is 5.84. The Hall–Kier alpha value is -3.16. The molecule has 1 aromatic heterocycles. The first-order valence-electron chi connectivity index (χ1n) is 10.9. The van der Waals surface area contributed by atoms with E-state index in [-0.39, 0.29) is 12.1 Å². The average Bonchev–Trinajstić information content (AvgIpc) is 2.80. The highest BCUT2D eigenvalue weighted by atomic mass is 16.5. The number of benzene rings is 1. The molecule has 0 atom stereocenters. The van der Waals surface area contributed by atoms with Gasteiger partial charge in [0.1, 0.15) is 17.2 Å². The molecule has 0 bridgehead atoms. The fraction of sp³-hybridized carbons (Fsp3) is 0.500. The van der Waals surface area contributed by atoms with Crippen LogP contribution in [0.1, 0.15) is 25.1 Å². The number of aromatic nitrogens is 1. The van der Waals surface area contributed by atoms with Crippen LogP contribution in [-0.4, -0.2) is 69.5 Å². The number of rotatable bonds is 6. The lowest BCUT2D eigenvalue weighted by Gasteiger charge is -2.40. The van der Waals surface area contributed by atoms with Crippen LogP contribution >= 0.6 is 0 Å². The van der Waals surface area contributed by atoms with Gasteiger partial charge in [0, 0.05) is 61.8 Å². The maximum Gasteiger partial charge on any atom is 0.325 e. The van der Waals surface area contributed by atoms with Crippen LogP contribution in [0.3, 0.4) is 0 Å². The van der Waals surface area contributed by atoms with E-state index in [0.29, 0.717) is 24.7 Å². The van der Waals surface area contributed by atoms with Gasteiger partial charge in [-0.1, -0.05) is 0 Å². The number of urea groups is 1. The number of hydrogen-bond acceptors (Lipinski definition) is 6. The molecule has 2 heterocycles. The van der Waals surface area contributed by atoms with E-state index in [2.05, 4.69) is 9.88 Å². The van der Waals surface area contributed by atoms with Crippen molar-refractivity contribution in [1.82, 2.24) is 9.88 Å². The van der Waals surface area contributed by atoms with E-state index >= 15 is 0 Å². The van der Waals surface area contributed by atoms with E-state index in [1.54, 1.807) is 26.2 Å². The molecule has 1 aromatic carbocycles. The Morgan fingerprint density at radius 2 is 1.53 bits per heavy atom. The molecule has 1 saturated heterocycles. The van der Waals surface area contributed by atoms with Crippen molar-refractivity contribution in [2.75, 3.05) is 57.3 Å². The number of aryl methyl sites for hydroxylation is 2. The van der Waals surface area contributed by atoms with Crippen molar-refractivity contribution in [3.63, 3.8) is 0 Å². The van der Waals surface area contributed by atoms with Crippen LogP contribution in [0.4, 0.5) is 16.2 Å². The highest BCUT2D eigenvalue weighted by Gasteiger charge is 2.30. The smallest absolute Gasteiger partial charge is 0.325 e. The van der Waals surface area contributed by atoms with Gasteiger partial charge in [0.05, 0.1) is 21.3 Å². The number of hydrogen-bond donors (Lipinski definition) is 0. The summed E-state index contributed by atoms with van der Waals surface area (Å²) >= 11 is 0. The second-order valence-electron chi connectivity index (χ2n) is 8.21. The zero-order valence-corrected chi connectivity index (χ0v) is 20.1. The van der Waals surface area contributed by atoms with E-state index in [1.165, 1.54) is 0 Å². The van der Waals surface area contributed by atoms with Crippen molar-refractivity contribution in [3.8, 4) is 17.4 Å². The molecule has 174 valence electrons. The summed E-state index contributed by atoms with van der Waals surface area (Å²) in [4.78, 5) is 24.0. The monoisotopic (exact) mass is 442 g/mol. The van der Waals surface area contributed by atoms with Gasteiger partial charge in [0.15, 0.2) is 0 Å². The van der Waals surface area contributed by atoms with Gasteiger partial charge in [0.2, 0.25) is 5.88 Å². The van der Waals surface area contributed by atoms with Crippen LogP contribution in [-0.2, 0) is 0 Å². The predicted molar refractivity (Wildman–Crippen MR) is 127 cm³/mol. The second kappa shape index (κ2) is 9.97. The SMILES string of the molecule is COc1cc(OC)cc(N2CCN(C(=O)N(c3cc(C)c(C)nc3OC)C(C)C)CC2)c1. The Bertz CT molecular complexity index is 933. The van der Waals surface area contributed by atoms with Gasteiger partial charge >= 0.3 is 6.03 Å². The lowest BCUT2D eigenvalue weighted by atomic mass is 10.1. The van der Waals surface area contributed by atoms with Gasteiger partial charge in [-0.25, -0.2) is 9.78 Å². The minimum Gasteiger partial charge on any atom is -0.497 e. The summed E-state index contributed by atoms with van der Waals surface area (Å²) in [6.45, 7) is 10.6. The molecular weight excluding hydrogens is 408 g/mol. The van der Waals surface area contributed by atoms with Crippen LogP contribution in [0.2, 0.25) is 0 Å². The number of carbonyl (C=O) groups excluding carboxylic acids is 1. The van der Waals surface area contributed by atoms with Crippen molar-refractivity contribution < 1.29 is 19.0 Å². The summed E-state index contributed by atoms with van der Waals surface area (Å²) in [5.74, 6) is 1.97. The summed E-state index contributed by atoms with van der Waals surface area (Å²) in [6, 6.07) is 7.75. The Kier molecular flexibility index (Phi) is 7.33. The van der Waals surface area contributed by atoms with Crippen molar-refractivity contribution >= 4 is 17.4 Å². The molecule has 3 rings (SSSR count). The third-order valence-electron chi connectivity index (χ3n) is 5.84. The normalized spacial score (nSPS) is 13.9. The molecule has 0 aliphatic carbocycles. The van der Waals surface area contributed by atoms with Crippen molar-refractivity contribution in [3.05, 3.63) is 35.5 Å². The minimum atomic E-state index is -0.0408. The maximum atomic E-state index is 13.6. The summed E-state index contributed by atoms with van der Waals surface area (Å²) in [6.07, 6.45) is 0. The molecule has 0 N–H and O–H groups in total. The van der Waals surface area contributed by atoms with Crippen molar-refractivity contribution in [1.29, 1.82) is 0 Å². The Morgan fingerprint density at radius 1 is 0.938 bits per heavy atom. The van der Waals surface area contributed by atoms with Gasteiger partial charge in [0.25, 0.3) is 0 Å². The molecule has 1 fully saturated rings. The van der Waals surface area contributed by atoms with E-state index in [0.717, 1.165) is 41.5 Å². The van der Waals surface area contributed by atoms with E-state index in [1.807, 2.05) is 56.9 Å². The highest BCUT2D eigenvalue weighted by Crippen LogP contribution is 2.32. The summed E-state index contributed by atoms with van der Waals surface area (Å²) in [5, 5.41) is 0. The topological polar surface area (TPSA) is 67.4 Å². The molecule has 32 heavy (non-hydrogen) atoms. The molecule has 0 radical (unpaired) electrons. The minimum absolute atomic E-state index is 0.0359. The lowest BCUT2D eigenvalue weighted by Crippen LogP contribution is -2.54. The largest absolute Gasteiger partial charge is 0.497 e. The molecule has 8 heteroatoms. The number of nitrogens with zero attached hydrogens (tertiary/aromatic N) is 4. The van der Waals surface area contributed by atoms with Crippen LogP contribution in [0.15, 0.2) is 24.3 Å². The molecule has 0 saturated carbocycles. The third kappa shape index (κ3) is 4.84. The Balaban J connectivity index is 1.79. The lowest BCUT2D eigenvalue weighted by molar-refractivity contribution is 0.199. The molecule has 0 unspecified atom stereocenters. The molecule has 1 aliphatic rings. The number of ether oxygens (including phenoxy) is 3. The number of carbonyl (C=O) groups is 1. The Morgan fingerprint density at radius 3 is 2.03 bits per heavy atom. The summed E-state index contributed by atoms with van der Waals surface area (Å²) < 4.78 is 16.3. The molecular formula is C24H34N4O4. The molecule has 0 spiro atoms. The number of methoxy groups -OCH3 is 3.